The Bertz CT molecular complexity index is 215. The average Bonchev–Trinajstić information content (AvgIpc) is 2.15. The summed E-state index contributed by atoms with van der Waals surface area (Å²) in [7, 11) is 0. The van der Waals surface area contributed by atoms with Crippen LogP contribution in [0.5, 0.6) is 0 Å². The molecule has 0 aromatic heterocycles. The monoisotopic (exact) mass is 220 g/mol. The van der Waals surface area contributed by atoms with E-state index in [1.807, 2.05) is 0 Å². The van der Waals surface area contributed by atoms with E-state index in [2.05, 4.69) is 10.6 Å². The van der Waals surface area contributed by atoms with E-state index >= 15 is 0 Å². The number of piperazine rings is 1. The molecule has 2 rings (SSSR count). The van der Waals surface area contributed by atoms with Gasteiger partial charge in [0.1, 0.15) is 0 Å². The molecule has 4 nitrogen and oxygen atoms in total. The summed E-state index contributed by atoms with van der Waals surface area (Å²) < 4.78 is 0. The highest BCUT2D eigenvalue weighted by Gasteiger charge is 2.42. The van der Waals surface area contributed by atoms with Crippen LogP contribution in [0.15, 0.2) is 0 Å². The molecule has 1 aliphatic heterocycles. The van der Waals surface area contributed by atoms with Gasteiger partial charge in [-0.25, -0.2) is 0 Å². The summed E-state index contributed by atoms with van der Waals surface area (Å²) in [6.07, 6.45) is 2.79. The van der Waals surface area contributed by atoms with Crippen molar-refractivity contribution in [3.8, 4) is 0 Å². The number of carbonyl (C=O) groups excluding carboxylic acids is 1. The zero-order valence-electron chi connectivity index (χ0n) is 8.08. The lowest BCUT2D eigenvalue weighted by atomic mass is 9.79. The van der Waals surface area contributed by atoms with Crippen molar-refractivity contribution in [3.63, 3.8) is 0 Å². The summed E-state index contributed by atoms with van der Waals surface area (Å²) in [5.74, 6) is 0.116. The second-order valence-corrected chi connectivity index (χ2v) is 4.00. The maximum atomic E-state index is 11.6. The van der Waals surface area contributed by atoms with E-state index in [9.17, 15) is 9.90 Å². The number of carbonyl (C=O) groups is 1. The quantitative estimate of drug-likeness (QED) is 0.530. The van der Waals surface area contributed by atoms with Crippen molar-refractivity contribution < 1.29 is 9.90 Å². The molecule has 14 heavy (non-hydrogen) atoms. The largest absolute Gasteiger partial charge is 0.393 e. The van der Waals surface area contributed by atoms with Crippen molar-refractivity contribution in [2.24, 2.45) is 0 Å². The van der Waals surface area contributed by atoms with Gasteiger partial charge in [-0.2, -0.15) is 0 Å². The third-order valence-corrected chi connectivity index (χ3v) is 3.12. The summed E-state index contributed by atoms with van der Waals surface area (Å²) in [6, 6.07) is 0. The van der Waals surface area contributed by atoms with Crippen molar-refractivity contribution in [2.45, 2.75) is 37.3 Å². The normalized spacial score (nSPS) is 37.5. The molecule has 1 saturated carbocycles. The number of halogens is 1. The summed E-state index contributed by atoms with van der Waals surface area (Å²) in [5, 5.41) is 15.5. The molecule has 0 aromatic carbocycles. The van der Waals surface area contributed by atoms with Crippen LogP contribution in [0.25, 0.3) is 0 Å². The third-order valence-electron chi connectivity index (χ3n) is 3.12. The minimum Gasteiger partial charge on any atom is -0.393 e. The smallest absolute Gasteiger partial charge is 0.240 e. The van der Waals surface area contributed by atoms with E-state index in [-0.39, 0.29) is 30.0 Å². The molecular weight excluding hydrogens is 204 g/mol. The Balaban J connectivity index is 0.000000980. The summed E-state index contributed by atoms with van der Waals surface area (Å²) in [4.78, 5) is 11.6. The summed E-state index contributed by atoms with van der Waals surface area (Å²) >= 11 is 0. The van der Waals surface area contributed by atoms with Gasteiger partial charge in [0.15, 0.2) is 0 Å². The van der Waals surface area contributed by atoms with Crippen LogP contribution in [0.3, 0.4) is 0 Å². The third kappa shape index (κ3) is 2.02. The van der Waals surface area contributed by atoms with Crippen LogP contribution in [0.2, 0.25) is 0 Å². The lowest BCUT2D eigenvalue weighted by Gasteiger charge is -2.41. The molecule has 1 amide bonds. The second kappa shape index (κ2) is 4.47. The lowest BCUT2D eigenvalue weighted by Crippen LogP contribution is -2.64. The number of amides is 1. The van der Waals surface area contributed by atoms with Crippen LogP contribution in [0, 0.1) is 0 Å². The first-order chi connectivity index (χ1) is 6.23. The molecule has 5 heteroatoms. The van der Waals surface area contributed by atoms with Crippen LogP contribution in [-0.2, 0) is 4.79 Å². The van der Waals surface area contributed by atoms with Crippen LogP contribution in [-0.4, -0.2) is 35.7 Å². The van der Waals surface area contributed by atoms with Gasteiger partial charge in [0, 0.05) is 13.1 Å². The highest BCUT2D eigenvalue weighted by atomic mass is 35.5. The molecule has 3 N–H and O–H groups in total. The van der Waals surface area contributed by atoms with Gasteiger partial charge in [0.2, 0.25) is 5.91 Å². The fourth-order valence-corrected chi connectivity index (χ4v) is 2.23. The topological polar surface area (TPSA) is 61.4 Å². The van der Waals surface area contributed by atoms with Gasteiger partial charge in [-0.1, -0.05) is 0 Å². The van der Waals surface area contributed by atoms with Gasteiger partial charge in [-0.05, 0) is 25.7 Å². The fourth-order valence-electron chi connectivity index (χ4n) is 2.23. The van der Waals surface area contributed by atoms with E-state index in [1.165, 1.54) is 0 Å². The molecular formula is C9H17ClN2O2. The Morgan fingerprint density at radius 3 is 2.50 bits per heavy atom. The van der Waals surface area contributed by atoms with Gasteiger partial charge in [-0.3, -0.25) is 4.79 Å². The molecule has 0 bridgehead atoms. The van der Waals surface area contributed by atoms with Gasteiger partial charge < -0.3 is 15.7 Å². The maximum Gasteiger partial charge on any atom is 0.240 e. The molecule has 1 aliphatic carbocycles. The Morgan fingerprint density at radius 2 is 1.93 bits per heavy atom. The average molecular weight is 221 g/mol. The Kier molecular flexibility index (Phi) is 3.75. The molecule has 2 fully saturated rings. The zero-order chi connectivity index (χ0) is 9.31. The number of hydrogen-bond acceptors (Lipinski definition) is 3. The number of aliphatic hydroxyl groups excluding tert-OH is 1. The van der Waals surface area contributed by atoms with Crippen molar-refractivity contribution in [2.75, 3.05) is 13.1 Å². The first-order valence-electron chi connectivity index (χ1n) is 4.94. The first-order valence-corrected chi connectivity index (χ1v) is 4.94. The van der Waals surface area contributed by atoms with E-state index in [1.54, 1.807) is 0 Å². The fraction of sp³-hybridized carbons (Fsp3) is 0.889. The van der Waals surface area contributed by atoms with E-state index in [0.717, 1.165) is 38.8 Å². The Labute approximate surface area is 89.9 Å². The van der Waals surface area contributed by atoms with E-state index in [0.29, 0.717) is 0 Å². The molecule has 0 unspecified atom stereocenters. The molecule has 0 radical (unpaired) electrons. The highest BCUT2D eigenvalue weighted by Crippen LogP contribution is 2.29. The zero-order valence-corrected chi connectivity index (χ0v) is 8.90. The summed E-state index contributed by atoms with van der Waals surface area (Å²) in [6.45, 7) is 1.57. The van der Waals surface area contributed by atoms with E-state index in [4.69, 9.17) is 0 Å². The Hall–Kier alpha value is -0.320. The SMILES string of the molecule is Cl.O=C1NCCNC12CCC(O)CC2. The molecule has 1 heterocycles. The minimum absolute atomic E-state index is 0. The van der Waals surface area contributed by atoms with Crippen LogP contribution in [0.4, 0.5) is 0 Å². The van der Waals surface area contributed by atoms with Gasteiger partial charge in [-0.15, -0.1) is 12.4 Å². The van der Waals surface area contributed by atoms with Crippen LogP contribution in [0.1, 0.15) is 25.7 Å². The number of hydrogen-bond donors (Lipinski definition) is 3. The van der Waals surface area contributed by atoms with Gasteiger partial charge in [0.25, 0.3) is 0 Å². The standard InChI is InChI=1S/C9H16N2O2.ClH/c12-7-1-3-9(4-2-7)8(13)10-5-6-11-9;/h7,11-12H,1-6H2,(H,10,13);1H. The Morgan fingerprint density at radius 1 is 1.29 bits per heavy atom. The predicted molar refractivity (Wildman–Crippen MR) is 55.5 cm³/mol. The molecule has 1 saturated heterocycles. The van der Waals surface area contributed by atoms with Crippen molar-refractivity contribution in [3.05, 3.63) is 0 Å². The van der Waals surface area contributed by atoms with E-state index < -0.39 is 0 Å². The molecule has 0 atom stereocenters. The van der Waals surface area contributed by atoms with Crippen LogP contribution >= 0.6 is 12.4 Å². The molecule has 82 valence electrons. The first kappa shape index (κ1) is 11.8. The van der Waals surface area contributed by atoms with Crippen molar-refractivity contribution in [1.82, 2.24) is 10.6 Å². The number of aliphatic hydroxyl groups is 1. The minimum atomic E-state index is -0.364. The van der Waals surface area contributed by atoms with Crippen molar-refractivity contribution in [1.29, 1.82) is 0 Å². The van der Waals surface area contributed by atoms with Crippen molar-refractivity contribution >= 4 is 18.3 Å². The predicted octanol–water partition coefficient (Wildman–Crippen LogP) is -0.199. The number of rotatable bonds is 0. The van der Waals surface area contributed by atoms with Crippen LogP contribution < -0.4 is 10.6 Å². The van der Waals surface area contributed by atoms with Gasteiger partial charge in [0.05, 0.1) is 11.6 Å². The number of nitrogens with one attached hydrogen (secondary N) is 2. The second-order valence-electron chi connectivity index (χ2n) is 4.00. The molecule has 1 spiro atoms. The highest BCUT2D eigenvalue weighted by molar-refractivity contribution is 5.87. The molecule has 0 aromatic rings. The lowest BCUT2D eigenvalue weighted by molar-refractivity contribution is -0.131. The molecule has 2 aliphatic rings. The maximum absolute atomic E-state index is 11.6. The van der Waals surface area contributed by atoms with Gasteiger partial charge >= 0.3 is 0 Å². The summed E-state index contributed by atoms with van der Waals surface area (Å²) in [5.41, 5.74) is -0.364.